The molecule has 0 bridgehead atoms. The van der Waals surface area contributed by atoms with E-state index in [1.165, 1.54) is 6.21 Å². The van der Waals surface area contributed by atoms with Crippen LogP contribution in [0.5, 0.6) is 0 Å². The van der Waals surface area contributed by atoms with Crippen LogP contribution in [0.4, 0.5) is 0 Å². The van der Waals surface area contributed by atoms with Crippen molar-refractivity contribution in [2.45, 2.75) is 6.42 Å². The zero-order valence-electron chi connectivity index (χ0n) is 7.02. The molecule has 2 nitrogen and oxygen atoms in total. The first-order chi connectivity index (χ1) is 6.33. The Bertz CT molecular complexity index is 303. The van der Waals surface area contributed by atoms with E-state index in [0.717, 1.165) is 10.6 Å². The Labute approximate surface area is 82.1 Å². The molecule has 0 spiro atoms. The Balaban J connectivity index is 2.54. The van der Waals surface area contributed by atoms with Crippen LogP contribution in [0, 0.1) is 0 Å². The van der Waals surface area contributed by atoms with Gasteiger partial charge in [0.05, 0.1) is 0 Å². The van der Waals surface area contributed by atoms with Crippen LogP contribution in [0.3, 0.4) is 0 Å². The van der Waals surface area contributed by atoms with Gasteiger partial charge in [0.2, 0.25) is 0 Å². The van der Waals surface area contributed by atoms with Crippen LogP contribution in [0.15, 0.2) is 35.5 Å². The highest BCUT2D eigenvalue weighted by molar-refractivity contribution is 6.30. The van der Waals surface area contributed by atoms with Gasteiger partial charge in [0, 0.05) is 17.7 Å². The second-order valence-corrected chi connectivity index (χ2v) is 2.92. The molecular weight excluding hydrogens is 186 g/mol. The van der Waals surface area contributed by atoms with Crippen LogP contribution in [-0.4, -0.2) is 11.4 Å². The van der Waals surface area contributed by atoms with Gasteiger partial charge in [-0.1, -0.05) is 35.9 Å². The van der Waals surface area contributed by atoms with Gasteiger partial charge in [-0.25, -0.2) is 0 Å². The van der Waals surface area contributed by atoms with E-state index in [0.29, 0.717) is 6.42 Å². The van der Waals surface area contributed by atoms with Gasteiger partial charge in [0.25, 0.3) is 0 Å². The first-order valence-electron chi connectivity index (χ1n) is 3.91. The normalized spacial score (nSPS) is 11.5. The van der Waals surface area contributed by atoms with E-state index in [-0.39, 0.29) is 0 Å². The fraction of sp³-hybridized carbons (Fsp3) is 0.100. The number of benzene rings is 1. The van der Waals surface area contributed by atoms with Crippen LogP contribution < -0.4 is 0 Å². The van der Waals surface area contributed by atoms with Crippen LogP contribution in [-0.2, 0) is 0 Å². The van der Waals surface area contributed by atoms with Gasteiger partial charge in [0.15, 0.2) is 0 Å². The lowest BCUT2D eigenvalue weighted by Crippen LogP contribution is -1.72. The van der Waals surface area contributed by atoms with Crippen molar-refractivity contribution in [2.24, 2.45) is 5.16 Å². The van der Waals surface area contributed by atoms with E-state index in [4.69, 9.17) is 16.8 Å². The molecule has 1 rings (SSSR count). The molecule has 0 aliphatic rings. The summed E-state index contributed by atoms with van der Waals surface area (Å²) in [4.78, 5) is 0. The molecule has 68 valence electrons. The summed E-state index contributed by atoms with van der Waals surface area (Å²) in [5.74, 6) is 0. The second kappa shape index (κ2) is 5.38. The molecule has 0 fully saturated rings. The maximum Gasteiger partial charge on any atom is 0.0473 e. The maximum atomic E-state index is 8.12. The minimum Gasteiger partial charge on any atom is -0.411 e. The molecule has 0 saturated carbocycles. The number of allylic oxidation sites excluding steroid dienone is 1. The van der Waals surface area contributed by atoms with E-state index < -0.39 is 0 Å². The van der Waals surface area contributed by atoms with Gasteiger partial charge in [-0.3, -0.25) is 0 Å². The molecule has 0 heterocycles. The van der Waals surface area contributed by atoms with Crippen LogP contribution in [0.2, 0.25) is 5.02 Å². The van der Waals surface area contributed by atoms with Crippen molar-refractivity contribution >= 4 is 23.9 Å². The lowest BCUT2D eigenvalue weighted by Gasteiger charge is -1.91. The quantitative estimate of drug-likeness (QED) is 0.449. The minimum absolute atomic E-state index is 0.624. The smallest absolute Gasteiger partial charge is 0.0473 e. The summed E-state index contributed by atoms with van der Waals surface area (Å²) in [7, 11) is 0. The molecule has 0 unspecified atom stereocenters. The predicted molar refractivity (Wildman–Crippen MR) is 55.4 cm³/mol. The summed E-state index contributed by atoms with van der Waals surface area (Å²) in [6.07, 6.45) is 5.90. The third-order valence-corrected chi connectivity index (χ3v) is 1.76. The fourth-order valence-electron chi connectivity index (χ4n) is 0.886. The molecule has 13 heavy (non-hydrogen) atoms. The Morgan fingerprint density at radius 2 is 2.00 bits per heavy atom. The highest BCUT2D eigenvalue weighted by Gasteiger charge is 1.86. The van der Waals surface area contributed by atoms with Crippen LogP contribution in [0.25, 0.3) is 6.08 Å². The predicted octanol–water partition coefficient (Wildman–Crippen LogP) is 3.20. The molecule has 0 aliphatic carbocycles. The third kappa shape index (κ3) is 3.76. The van der Waals surface area contributed by atoms with Gasteiger partial charge < -0.3 is 5.21 Å². The number of hydrogen-bond donors (Lipinski definition) is 1. The fourth-order valence-corrected chi connectivity index (χ4v) is 1.01. The molecule has 1 aromatic carbocycles. The number of oxime groups is 1. The molecule has 3 heteroatoms. The molecule has 0 radical (unpaired) electrons. The van der Waals surface area contributed by atoms with Crippen LogP contribution >= 0.6 is 11.6 Å². The van der Waals surface area contributed by atoms with Gasteiger partial charge in [-0.2, -0.15) is 0 Å². The van der Waals surface area contributed by atoms with Crippen LogP contribution in [0.1, 0.15) is 12.0 Å². The molecule has 0 aliphatic heterocycles. The van der Waals surface area contributed by atoms with Crippen molar-refractivity contribution in [3.63, 3.8) is 0 Å². The average Bonchev–Trinajstić information content (AvgIpc) is 2.15. The lowest BCUT2D eigenvalue weighted by atomic mass is 10.2. The number of rotatable bonds is 3. The summed E-state index contributed by atoms with van der Waals surface area (Å²) >= 11 is 5.72. The lowest BCUT2D eigenvalue weighted by molar-refractivity contribution is 0.321. The molecule has 0 atom stereocenters. The Morgan fingerprint density at radius 3 is 2.62 bits per heavy atom. The third-order valence-electron chi connectivity index (χ3n) is 1.50. The van der Waals surface area contributed by atoms with E-state index in [1.54, 1.807) is 0 Å². The monoisotopic (exact) mass is 195 g/mol. The molecular formula is C10H10ClNO. The molecule has 1 N–H and O–H groups in total. The van der Waals surface area contributed by atoms with Crippen molar-refractivity contribution in [3.05, 3.63) is 40.9 Å². The zero-order chi connectivity index (χ0) is 9.52. The first-order valence-corrected chi connectivity index (χ1v) is 4.29. The van der Waals surface area contributed by atoms with E-state index >= 15 is 0 Å². The summed E-state index contributed by atoms with van der Waals surface area (Å²) in [5.41, 5.74) is 1.08. The van der Waals surface area contributed by atoms with E-state index in [1.807, 2.05) is 36.4 Å². The Kier molecular flexibility index (Phi) is 4.06. The van der Waals surface area contributed by atoms with Crippen molar-refractivity contribution in [2.75, 3.05) is 0 Å². The van der Waals surface area contributed by atoms with E-state index in [2.05, 4.69) is 5.16 Å². The highest BCUT2D eigenvalue weighted by atomic mass is 35.5. The standard InChI is InChI=1S/C10H10ClNO/c11-10-6-4-9(5-7-10)3-1-2-8-12-13/h1,3-8,13H,2H2. The second-order valence-electron chi connectivity index (χ2n) is 2.49. The largest absolute Gasteiger partial charge is 0.411 e. The topological polar surface area (TPSA) is 32.6 Å². The van der Waals surface area contributed by atoms with Gasteiger partial charge in [-0.15, -0.1) is 5.16 Å². The minimum atomic E-state index is 0.624. The van der Waals surface area contributed by atoms with E-state index in [9.17, 15) is 0 Å². The van der Waals surface area contributed by atoms with Gasteiger partial charge in [-0.05, 0) is 17.7 Å². The zero-order valence-corrected chi connectivity index (χ0v) is 7.78. The van der Waals surface area contributed by atoms with Crippen molar-refractivity contribution < 1.29 is 5.21 Å². The molecule has 0 aromatic heterocycles. The summed E-state index contributed by atoms with van der Waals surface area (Å²) < 4.78 is 0. The number of nitrogens with zero attached hydrogens (tertiary/aromatic N) is 1. The van der Waals surface area contributed by atoms with Crippen molar-refractivity contribution in [1.82, 2.24) is 0 Å². The van der Waals surface area contributed by atoms with Crippen molar-refractivity contribution in [1.29, 1.82) is 0 Å². The summed E-state index contributed by atoms with van der Waals surface area (Å²) in [5, 5.41) is 11.7. The molecule has 0 amide bonds. The molecule has 1 aromatic rings. The summed E-state index contributed by atoms with van der Waals surface area (Å²) in [6, 6.07) is 7.52. The van der Waals surface area contributed by atoms with Gasteiger partial charge >= 0.3 is 0 Å². The SMILES string of the molecule is ON=CCC=Cc1ccc(Cl)cc1. The maximum absolute atomic E-state index is 8.12. The summed E-state index contributed by atoms with van der Waals surface area (Å²) in [6.45, 7) is 0. The van der Waals surface area contributed by atoms with Gasteiger partial charge in [0.1, 0.15) is 0 Å². The highest BCUT2D eigenvalue weighted by Crippen LogP contribution is 2.10. The molecule has 0 saturated heterocycles. The Hall–Kier alpha value is -1.28. The number of hydrogen-bond acceptors (Lipinski definition) is 2. The first kappa shape index (κ1) is 9.81. The average molecular weight is 196 g/mol. The number of halogens is 1. The Morgan fingerprint density at radius 1 is 1.31 bits per heavy atom. The van der Waals surface area contributed by atoms with Crippen molar-refractivity contribution in [3.8, 4) is 0 Å².